The zero-order valence-electron chi connectivity index (χ0n) is 33.9. The SMILES string of the molecule is Cc1cc(C)cc(-c2ccc3c(c2)c2cc(-c4cc(C)cc(C)c4)ccc2n3-c2cc(-c3nc(-c4ccccc4)nc(-c4ccccc4)n3)ccc2-c2ccc(F)cc2)c1. The van der Waals surface area contributed by atoms with Crippen LogP contribution in [0.4, 0.5) is 4.39 Å². The molecule has 0 bridgehead atoms. The van der Waals surface area contributed by atoms with Gasteiger partial charge < -0.3 is 4.57 Å². The molecule has 2 heterocycles. The lowest BCUT2D eigenvalue weighted by Gasteiger charge is -2.17. The molecule has 10 aromatic rings. The first kappa shape index (κ1) is 36.8. The third-order valence-corrected chi connectivity index (χ3v) is 11.2. The molecule has 0 spiro atoms. The highest BCUT2D eigenvalue weighted by atomic mass is 19.1. The number of aromatic nitrogens is 4. The third kappa shape index (κ3) is 6.94. The lowest BCUT2D eigenvalue weighted by molar-refractivity contribution is 0.628. The molecule has 60 heavy (non-hydrogen) atoms. The molecule has 0 unspecified atom stereocenters. The van der Waals surface area contributed by atoms with Gasteiger partial charge in [0.2, 0.25) is 0 Å². The van der Waals surface area contributed by atoms with Crippen molar-refractivity contribution in [2.24, 2.45) is 0 Å². The van der Waals surface area contributed by atoms with Crippen molar-refractivity contribution in [2.75, 3.05) is 0 Å². The molecular weight excluding hydrogens is 736 g/mol. The molecule has 0 aliphatic carbocycles. The summed E-state index contributed by atoms with van der Waals surface area (Å²) >= 11 is 0. The number of rotatable bonds is 7. The normalized spacial score (nSPS) is 11.4. The zero-order valence-corrected chi connectivity index (χ0v) is 33.9. The van der Waals surface area contributed by atoms with Gasteiger partial charge in [-0.3, -0.25) is 0 Å². The average molecular weight is 777 g/mol. The fourth-order valence-corrected chi connectivity index (χ4v) is 8.59. The number of aryl methyl sites for hydroxylation is 4. The Hall–Kier alpha value is -7.50. The Morgan fingerprint density at radius 1 is 0.350 bits per heavy atom. The van der Waals surface area contributed by atoms with E-state index in [2.05, 4.69) is 123 Å². The Kier molecular flexibility index (Phi) is 9.22. The van der Waals surface area contributed by atoms with Gasteiger partial charge in [0, 0.05) is 33.0 Å². The van der Waals surface area contributed by atoms with E-state index in [4.69, 9.17) is 15.0 Å². The fourth-order valence-electron chi connectivity index (χ4n) is 8.59. The molecule has 4 nitrogen and oxygen atoms in total. The van der Waals surface area contributed by atoms with Crippen molar-refractivity contribution in [3.8, 4) is 73.2 Å². The summed E-state index contributed by atoms with van der Waals surface area (Å²) in [6.07, 6.45) is 0. The van der Waals surface area contributed by atoms with Gasteiger partial charge in [0.25, 0.3) is 0 Å². The van der Waals surface area contributed by atoms with Crippen molar-refractivity contribution < 1.29 is 4.39 Å². The topological polar surface area (TPSA) is 43.6 Å². The Morgan fingerprint density at radius 2 is 0.767 bits per heavy atom. The van der Waals surface area contributed by atoms with Gasteiger partial charge in [-0.15, -0.1) is 0 Å². The predicted molar refractivity (Wildman–Crippen MR) is 246 cm³/mol. The predicted octanol–water partition coefficient (Wildman–Crippen LogP) is 14.3. The van der Waals surface area contributed by atoms with E-state index in [1.165, 1.54) is 45.5 Å². The summed E-state index contributed by atoms with van der Waals surface area (Å²) in [4.78, 5) is 15.1. The Balaban J connectivity index is 1.26. The minimum absolute atomic E-state index is 0.279. The van der Waals surface area contributed by atoms with Crippen LogP contribution in [-0.4, -0.2) is 19.5 Å². The number of benzene rings is 8. The summed E-state index contributed by atoms with van der Waals surface area (Å²) in [6.45, 7) is 8.61. The van der Waals surface area contributed by atoms with Gasteiger partial charge in [-0.2, -0.15) is 0 Å². The molecule has 10 rings (SSSR count). The molecule has 2 aromatic heterocycles. The number of hydrogen-bond donors (Lipinski definition) is 0. The van der Waals surface area contributed by atoms with E-state index in [1.54, 1.807) is 0 Å². The van der Waals surface area contributed by atoms with Gasteiger partial charge in [-0.05, 0) is 98.0 Å². The molecule has 0 aliphatic rings. The van der Waals surface area contributed by atoms with E-state index in [1.807, 2.05) is 72.8 Å². The maximum Gasteiger partial charge on any atom is 0.164 e. The minimum Gasteiger partial charge on any atom is -0.309 e. The van der Waals surface area contributed by atoms with Gasteiger partial charge in [0.05, 0.1) is 16.7 Å². The molecule has 8 aromatic carbocycles. The van der Waals surface area contributed by atoms with E-state index in [-0.39, 0.29) is 5.82 Å². The summed E-state index contributed by atoms with van der Waals surface area (Å²) in [5, 5.41) is 2.28. The number of nitrogens with zero attached hydrogens (tertiary/aromatic N) is 4. The molecule has 0 amide bonds. The van der Waals surface area contributed by atoms with Crippen molar-refractivity contribution >= 4 is 21.8 Å². The Bertz CT molecular complexity index is 3030. The van der Waals surface area contributed by atoms with Gasteiger partial charge in [0.15, 0.2) is 17.5 Å². The zero-order chi connectivity index (χ0) is 40.9. The van der Waals surface area contributed by atoms with Gasteiger partial charge in [-0.25, -0.2) is 19.3 Å². The first-order valence-corrected chi connectivity index (χ1v) is 20.3. The van der Waals surface area contributed by atoms with E-state index < -0.39 is 0 Å². The van der Waals surface area contributed by atoms with Crippen LogP contribution >= 0.6 is 0 Å². The van der Waals surface area contributed by atoms with Crippen LogP contribution in [0.3, 0.4) is 0 Å². The first-order chi connectivity index (χ1) is 29.2. The minimum atomic E-state index is -0.279. The van der Waals surface area contributed by atoms with Crippen LogP contribution in [0.15, 0.2) is 176 Å². The highest BCUT2D eigenvalue weighted by molar-refractivity contribution is 6.12. The summed E-state index contributed by atoms with van der Waals surface area (Å²) < 4.78 is 16.8. The van der Waals surface area contributed by atoms with Crippen molar-refractivity contribution in [2.45, 2.75) is 27.7 Å². The van der Waals surface area contributed by atoms with Gasteiger partial charge >= 0.3 is 0 Å². The smallest absolute Gasteiger partial charge is 0.164 e. The average Bonchev–Trinajstić information content (AvgIpc) is 3.59. The van der Waals surface area contributed by atoms with E-state index in [0.29, 0.717) is 17.5 Å². The van der Waals surface area contributed by atoms with Crippen LogP contribution < -0.4 is 0 Å². The fraction of sp³-hybridized carbons (Fsp3) is 0.0727. The molecule has 0 saturated carbocycles. The lowest BCUT2D eigenvalue weighted by atomic mass is 9.97. The quantitative estimate of drug-likeness (QED) is 0.162. The van der Waals surface area contributed by atoms with E-state index >= 15 is 0 Å². The summed E-state index contributed by atoms with van der Waals surface area (Å²) in [5.74, 6) is 1.47. The molecule has 0 aliphatic heterocycles. The van der Waals surface area contributed by atoms with Gasteiger partial charge in [0.1, 0.15) is 5.82 Å². The van der Waals surface area contributed by atoms with Crippen LogP contribution in [0, 0.1) is 33.5 Å². The Labute approximate surface area is 349 Å². The Morgan fingerprint density at radius 3 is 1.23 bits per heavy atom. The number of hydrogen-bond acceptors (Lipinski definition) is 3. The molecule has 0 radical (unpaired) electrons. The maximum atomic E-state index is 14.5. The van der Waals surface area contributed by atoms with Crippen LogP contribution in [0.2, 0.25) is 0 Å². The summed E-state index contributed by atoms with van der Waals surface area (Å²) in [6, 6.07) is 60.2. The van der Waals surface area contributed by atoms with E-state index in [9.17, 15) is 4.39 Å². The third-order valence-electron chi connectivity index (χ3n) is 11.2. The van der Waals surface area contributed by atoms with E-state index in [0.717, 1.165) is 66.4 Å². The van der Waals surface area contributed by atoms with Crippen molar-refractivity contribution in [1.82, 2.24) is 19.5 Å². The highest BCUT2D eigenvalue weighted by Gasteiger charge is 2.20. The van der Waals surface area contributed by atoms with Crippen LogP contribution in [0.1, 0.15) is 22.3 Å². The van der Waals surface area contributed by atoms with Crippen molar-refractivity contribution in [1.29, 1.82) is 0 Å². The molecule has 0 fully saturated rings. The number of halogens is 1. The standard InChI is InChI=1S/C55H41FN4/c1-34-25-35(2)28-44(27-34)41-18-23-50-48(31-41)49-32-42(45-29-36(3)26-37(4)30-45)19-24-51(49)60(50)52-33-43(17-22-47(52)38-15-20-46(56)21-16-38)55-58-53(39-11-7-5-8-12-39)57-54(59-55)40-13-9-6-10-14-40/h5-33H,1-4H3. The second-order valence-electron chi connectivity index (χ2n) is 15.8. The summed E-state index contributed by atoms with van der Waals surface area (Å²) in [7, 11) is 0. The maximum absolute atomic E-state index is 14.5. The number of fused-ring (bicyclic) bond motifs is 3. The molecule has 288 valence electrons. The monoisotopic (exact) mass is 776 g/mol. The van der Waals surface area contributed by atoms with Gasteiger partial charge in [-0.1, -0.05) is 156 Å². The largest absolute Gasteiger partial charge is 0.309 e. The molecule has 0 N–H and O–H groups in total. The highest BCUT2D eigenvalue weighted by Crippen LogP contribution is 2.41. The molecule has 5 heteroatoms. The van der Waals surface area contributed by atoms with Crippen LogP contribution in [-0.2, 0) is 0 Å². The van der Waals surface area contributed by atoms with Crippen LogP contribution in [0.25, 0.3) is 95.0 Å². The van der Waals surface area contributed by atoms with Crippen LogP contribution in [0.5, 0.6) is 0 Å². The molecule has 0 saturated heterocycles. The molecular formula is C55H41FN4. The second kappa shape index (κ2) is 15.0. The second-order valence-corrected chi connectivity index (χ2v) is 15.8. The molecule has 0 atom stereocenters. The van der Waals surface area contributed by atoms with Crippen molar-refractivity contribution in [3.05, 3.63) is 204 Å². The lowest BCUT2D eigenvalue weighted by Crippen LogP contribution is -2.02. The first-order valence-electron chi connectivity index (χ1n) is 20.3. The van der Waals surface area contributed by atoms with Crippen molar-refractivity contribution in [3.63, 3.8) is 0 Å². The summed E-state index contributed by atoms with van der Waals surface area (Å²) in [5.41, 5.74) is 17.2.